The lowest BCUT2D eigenvalue weighted by atomic mass is 10.0. The van der Waals surface area contributed by atoms with Gasteiger partial charge in [0.25, 0.3) is 0 Å². The summed E-state index contributed by atoms with van der Waals surface area (Å²) in [5, 5.41) is 3.13. The van der Waals surface area contributed by atoms with Gasteiger partial charge in [0.05, 0.1) is 0 Å². The van der Waals surface area contributed by atoms with Crippen LogP contribution in [-0.2, 0) is 9.53 Å². The first kappa shape index (κ1) is 19.2. The molecule has 0 radical (unpaired) electrons. The van der Waals surface area contributed by atoms with E-state index in [1.807, 2.05) is 32.9 Å². The maximum Gasteiger partial charge on any atom is 0.410 e. The number of halogens is 1. The lowest BCUT2D eigenvalue weighted by molar-refractivity contribution is -0.127. The normalized spacial score (nSPS) is 25.5. The van der Waals surface area contributed by atoms with Crippen LogP contribution in [0.4, 0.5) is 4.79 Å². The molecule has 3 atom stereocenters. The Kier molecular flexibility index (Phi) is 5.61. The molecule has 0 unspecified atom stereocenters. The zero-order chi connectivity index (χ0) is 18.9. The molecule has 1 aromatic rings. The highest BCUT2D eigenvalue weighted by Crippen LogP contribution is 2.41. The van der Waals surface area contributed by atoms with E-state index in [9.17, 15) is 9.59 Å². The van der Waals surface area contributed by atoms with Crippen LogP contribution in [0.5, 0.6) is 0 Å². The van der Waals surface area contributed by atoms with Gasteiger partial charge in [-0.1, -0.05) is 28.1 Å². The van der Waals surface area contributed by atoms with Crippen molar-refractivity contribution in [2.45, 2.75) is 70.1 Å². The Morgan fingerprint density at radius 1 is 1.19 bits per heavy atom. The molecule has 0 aromatic heterocycles. The molecule has 1 aliphatic carbocycles. The Balaban J connectivity index is 1.59. The second-order valence-corrected chi connectivity index (χ2v) is 9.11. The summed E-state index contributed by atoms with van der Waals surface area (Å²) in [5.41, 5.74) is 0.685. The van der Waals surface area contributed by atoms with Crippen molar-refractivity contribution in [1.29, 1.82) is 0 Å². The number of benzene rings is 1. The molecule has 1 heterocycles. The van der Waals surface area contributed by atoms with Crippen molar-refractivity contribution in [2.24, 2.45) is 0 Å². The minimum absolute atomic E-state index is 0.0554. The van der Waals surface area contributed by atoms with Crippen LogP contribution >= 0.6 is 15.9 Å². The summed E-state index contributed by atoms with van der Waals surface area (Å²) in [7, 11) is 0. The Morgan fingerprint density at radius 2 is 1.88 bits per heavy atom. The van der Waals surface area contributed by atoms with Gasteiger partial charge in [-0.2, -0.15) is 0 Å². The third kappa shape index (κ3) is 4.78. The van der Waals surface area contributed by atoms with Gasteiger partial charge in [0.15, 0.2) is 0 Å². The van der Waals surface area contributed by atoms with Crippen molar-refractivity contribution in [1.82, 2.24) is 10.2 Å². The van der Waals surface area contributed by atoms with Gasteiger partial charge in [-0.05, 0) is 64.2 Å². The van der Waals surface area contributed by atoms with E-state index in [-0.39, 0.29) is 11.9 Å². The number of ether oxygens (including phenoxy) is 1. The van der Waals surface area contributed by atoms with Crippen LogP contribution in [0.2, 0.25) is 0 Å². The molecular weight excluding hydrogens is 396 g/mol. The molecular formula is C20H27BrN2O3. The van der Waals surface area contributed by atoms with Gasteiger partial charge < -0.3 is 10.1 Å². The number of hydrogen-bond donors (Lipinski definition) is 1. The summed E-state index contributed by atoms with van der Waals surface area (Å²) >= 11 is 3.44. The first-order chi connectivity index (χ1) is 12.2. The summed E-state index contributed by atoms with van der Waals surface area (Å²) in [6.45, 7) is 6.11. The van der Waals surface area contributed by atoms with Gasteiger partial charge in [-0.3, -0.25) is 9.69 Å². The number of rotatable bonds is 3. The molecule has 2 fully saturated rings. The van der Waals surface area contributed by atoms with Crippen LogP contribution in [0, 0.1) is 0 Å². The fourth-order valence-electron chi connectivity index (χ4n) is 3.46. The molecule has 1 N–H and O–H groups in total. The zero-order valence-corrected chi connectivity index (χ0v) is 17.2. The minimum atomic E-state index is -0.557. The van der Waals surface area contributed by atoms with Crippen LogP contribution < -0.4 is 5.32 Å². The number of nitrogens with one attached hydrogen (secondary N) is 1. The molecule has 1 aromatic carbocycles. The first-order valence-electron chi connectivity index (χ1n) is 9.30. The highest BCUT2D eigenvalue weighted by Gasteiger charge is 2.42. The number of nitrogens with zero attached hydrogens (tertiary/aromatic N) is 1. The topological polar surface area (TPSA) is 58.6 Å². The van der Waals surface area contributed by atoms with Gasteiger partial charge in [0.2, 0.25) is 5.91 Å². The zero-order valence-electron chi connectivity index (χ0n) is 15.6. The van der Waals surface area contributed by atoms with E-state index in [1.165, 1.54) is 5.56 Å². The van der Waals surface area contributed by atoms with E-state index < -0.39 is 17.7 Å². The van der Waals surface area contributed by atoms with E-state index in [0.29, 0.717) is 18.9 Å². The van der Waals surface area contributed by atoms with Gasteiger partial charge >= 0.3 is 6.09 Å². The Labute approximate surface area is 163 Å². The summed E-state index contributed by atoms with van der Waals surface area (Å²) < 4.78 is 6.54. The Bertz CT molecular complexity index is 669. The van der Waals surface area contributed by atoms with Crippen LogP contribution in [0.15, 0.2) is 28.7 Å². The lowest BCUT2D eigenvalue weighted by Crippen LogP contribution is -2.53. The van der Waals surface area contributed by atoms with Gasteiger partial charge in [0.1, 0.15) is 11.6 Å². The van der Waals surface area contributed by atoms with Gasteiger partial charge in [-0.25, -0.2) is 4.79 Å². The second-order valence-electron chi connectivity index (χ2n) is 8.19. The van der Waals surface area contributed by atoms with Gasteiger partial charge in [-0.15, -0.1) is 0 Å². The maximum absolute atomic E-state index is 12.8. The minimum Gasteiger partial charge on any atom is -0.444 e. The molecule has 2 aliphatic rings. The van der Waals surface area contributed by atoms with E-state index >= 15 is 0 Å². The predicted molar refractivity (Wildman–Crippen MR) is 104 cm³/mol. The fraction of sp³-hybridized carbons (Fsp3) is 0.600. The van der Waals surface area contributed by atoms with Crippen LogP contribution in [0.3, 0.4) is 0 Å². The van der Waals surface area contributed by atoms with Crippen molar-refractivity contribution in [2.75, 3.05) is 6.54 Å². The molecule has 1 saturated heterocycles. The Morgan fingerprint density at radius 3 is 2.54 bits per heavy atom. The molecule has 6 heteroatoms. The predicted octanol–water partition coefficient (Wildman–Crippen LogP) is 4.21. The average molecular weight is 423 g/mol. The van der Waals surface area contributed by atoms with Crippen LogP contribution in [0.1, 0.15) is 57.9 Å². The lowest BCUT2D eigenvalue weighted by Gasteiger charge is -2.35. The maximum atomic E-state index is 12.8. The molecule has 1 saturated carbocycles. The number of piperidine rings is 1. The molecule has 3 rings (SSSR count). The molecule has 5 nitrogen and oxygen atoms in total. The smallest absolute Gasteiger partial charge is 0.410 e. The molecule has 1 aliphatic heterocycles. The van der Waals surface area contributed by atoms with Crippen molar-refractivity contribution in [3.63, 3.8) is 0 Å². The SMILES string of the molecule is CC(C)(C)OC(=O)N1CCCC[C@H]1C(=O)N[C@@H]1C[C@@H]1c1ccc(Br)cc1. The van der Waals surface area contributed by atoms with E-state index in [4.69, 9.17) is 4.74 Å². The monoisotopic (exact) mass is 422 g/mol. The van der Waals surface area contributed by atoms with Crippen molar-refractivity contribution >= 4 is 27.9 Å². The Hall–Kier alpha value is -1.56. The second kappa shape index (κ2) is 7.59. The molecule has 142 valence electrons. The number of amides is 2. The van der Waals surface area contributed by atoms with Gasteiger partial charge in [0, 0.05) is 23.0 Å². The highest BCUT2D eigenvalue weighted by atomic mass is 79.9. The van der Waals surface area contributed by atoms with E-state index in [0.717, 1.165) is 23.7 Å². The summed E-state index contributed by atoms with van der Waals surface area (Å²) in [6.07, 6.45) is 3.12. The fourth-order valence-corrected chi connectivity index (χ4v) is 3.72. The van der Waals surface area contributed by atoms with E-state index in [2.05, 4.69) is 33.4 Å². The molecule has 26 heavy (non-hydrogen) atoms. The van der Waals surface area contributed by atoms with E-state index in [1.54, 1.807) is 4.90 Å². The third-order valence-electron chi connectivity index (χ3n) is 4.85. The van der Waals surface area contributed by atoms with Crippen LogP contribution in [0.25, 0.3) is 0 Å². The standard InChI is InChI=1S/C20H27BrN2O3/c1-20(2,3)26-19(25)23-11-5-4-6-17(23)18(24)22-16-12-15(16)13-7-9-14(21)10-8-13/h7-10,15-17H,4-6,11-12H2,1-3H3,(H,22,24)/t15-,16-,17+/m1/s1. The summed E-state index contributed by atoms with van der Waals surface area (Å²) in [5.74, 6) is 0.311. The van der Waals surface area contributed by atoms with Crippen molar-refractivity contribution in [3.8, 4) is 0 Å². The largest absolute Gasteiger partial charge is 0.444 e. The van der Waals surface area contributed by atoms with Crippen LogP contribution in [-0.4, -0.2) is 41.1 Å². The van der Waals surface area contributed by atoms with Crippen molar-refractivity contribution in [3.05, 3.63) is 34.3 Å². The third-order valence-corrected chi connectivity index (χ3v) is 5.38. The molecule has 0 bridgehead atoms. The summed E-state index contributed by atoms with van der Waals surface area (Å²) in [6, 6.07) is 7.97. The quantitative estimate of drug-likeness (QED) is 0.793. The summed E-state index contributed by atoms with van der Waals surface area (Å²) in [4.78, 5) is 26.9. The molecule has 0 spiro atoms. The number of carbonyl (C=O) groups is 2. The first-order valence-corrected chi connectivity index (χ1v) is 10.1. The number of hydrogen-bond acceptors (Lipinski definition) is 3. The highest BCUT2D eigenvalue weighted by molar-refractivity contribution is 9.10. The number of carbonyl (C=O) groups excluding carboxylic acids is 2. The number of likely N-dealkylation sites (tertiary alicyclic amines) is 1. The van der Waals surface area contributed by atoms with Crippen molar-refractivity contribution < 1.29 is 14.3 Å². The molecule has 2 amide bonds. The average Bonchev–Trinajstić information content (AvgIpc) is 3.33.